The van der Waals surface area contributed by atoms with Gasteiger partial charge >= 0.3 is 5.97 Å². The highest BCUT2D eigenvalue weighted by Crippen LogP contribution is 2.55. The molecule has 6 bridgehead atoms. The van der Waals surface area contributed by atoms with Crippen molar-refractivity contribution in [2.75, 3.05) is 53.5 Å². The number of aliphatic imine (C=N–C) groups is 1. The number of nitrogens with zero attached hydrogens (tertiary/aromatic N) is 6. The molecular weight excluding hydrogens is 741 g/mol. The third kappa shape index (κ3) is 6.74. The first-order valence-corrected chi connectivity index (χ1v) is 21.7. The van der Waals surface area contributed by atoms with E-state index in [0.717, 1.165) is 84.9 Å². The molecular formula is C43H56N8O5S. The molecule has 5 atom stereocenters. The number of hydrazine groups is 1. The number of methoxy groups -OCH3 is 1. The minimum atomic E-state index is -0.672. The largest absolute Gasteiger partial charge is 0.464 e. The molecule has 3 fully saturated rings. The second-order valence-electron chi connectivity index (χ2n) is 17.8. The number of cyclic esters (lactones) is 1. The van der Waals surface area contributed by atoms with E-state index < -0.39 is 22.9 Å². The molecule has 304 valence electrons. The maximum atomic E-state index is 14.4. The second-order valence-corrected chi connectivity index (χ2v) is 18.7. The van der Waals surface area contributed by atoms with Gasteiger partial charge in [-0.2, -0.15) is 0 Å². The molecule has 9 rings (SSSR count). The molecule has 1 aromatic carbocycles. The fourth-order valence-electron chi connectivity index (χ4n) is 10.3. The van der Waals surface area contributed by atoms with Gasteiger partial charge in [-0.15, -0.1) is 11.3 Å². The van der Waals surface area contributed by atoms with Crippen LogP contribution in [0.15, 0.2) is 34.3 Å². The lowest BCUT2D eigenvalue weighted by Crippen LogP contribution is -2.60. The zero-order valence-corrected chi connectivity index (χ0v) is 34.9. The normalized spacial score (nSPS) is 28.9. The Kier molecular flexibility index (Phi) is 9.95. The Labute approximate surface area is 338 Å². The number of piperazine rings is 1. The Morgan fingerprint density at radius 2 is 1.91 bits per heavy atom. The maximum absolute atomic E-state index is 14.4. The molecule has 6 heterocycles. The van der Waals surface area contributed by atoms with Crippen molar-refractivity contribution in [3.05, 3.63) is 45.5 Å². The zero-order valence-electron chi connectivity index (χ0n) is 34.1. The molecule has 0 spiro atoms. The highest BCUT2D eigenvalue weighted by Gasteiger charge is 2.55. The van der Waals surface area contributed by atoms with E-state index >= 15 is 0 Å². The number of aryl methyl sites for hydroxylation is 1. The number of aromatic nitrogens is 2. The van der Waals surface area contributed by atoms with Crippen LogP contribution in [0.3, 0.4) is 0 Å². The number of amides is 2. The predicted molar refractivity (Wildman–Crippen MR) is 221 cm³/mol. The van der Waals surface area contributed by atoms with Crippen molar-refractivity contribution in [3.8, 4) is 11.3 Å². The van der Waals surface area contributed by atoms with Crippen molar-refractivity contribution < 1.29 is 23.9 Å². The van der Waals surface area contributed by atoms with E-state index in [1.165, 1.54) is 23.8 Å². The quantitative estimate of drug-likeness (QED) is 0.356. The van der Waals surface area contributed by atoms with E-state index in [9.17, 15) is 14.4 Å². The number of esters is 1. The summed E-state index contributed by atoms with van der Waals surface area (Å²) in [4.78, 5) is 56.3. The van der Waals surface area contributed by atoms with Crippen molar-refractivity contribution in [2.24, 2.45) is 16.3 Å². The molecule has 13 nitrogen and oxygen atoms in total. The van der Waals surface area contributed by atoms with Gasteiger partial charge in [0.15, 0.2) is 0 Å². The van der Waals surface area contributed by atoms with E-state index in [1.807, 2.05) is 0 Å². The lowest BCUT2D eigenvalue weighted by atomic mass is 9.66. The molecule has 2 aliphatic carbocycles. The number of thiazole rings is 1. The summed E-state index contributed by atoms with van der Waals surface area (Å²) in [5.74, 6) is -1.39. The van der Waals surface area contributed by atoms with Gasteiger partial charge in [-0.3, -0.25) is 29.3 Å². The number of benzene rings is 1. The van der Waals surface area contributed by atoms with Gasteiger partial charge in [0.2, 0.25) is 11.8 Å². The molecule has 6 aliphatic rings. The molecule has 57 heavy (non-hydrogen) atoms. The van der Waals surface area contributed by atoms with Gasteiger partial charge in [-0.25, -0.2) is 10.4 Å². The van der Waals surface area contributed by atoms with Crippen LogP contribution in [0.4, 0.5) is 0 Å². The lowest BCUT2D eigenvalue weighted by molar-refractivity contribution is -0.156. The van der Waals surface area contributed by atoms with E-state index in [1.54, 1.807) is 23.5 Å². The number of carbonyl (C=O) groups is 3. The molecule has 1 saturated carbocycles. The van der Waals surface area contributed by atoms with Crippen LogP contribution in [0.1, 0.15) is 82.0 Å². The molecule has 3 aromatic rings. The van der Waals surface area contributed by atoms with Gasteiger partial charge < -0.3 is 24.3 Å². The fourth-order valence-corrected chi connectivity index (χ4v) is 11.2. The Hall–Kier alpha value is -3.95. The Bertz CT molecular complexity index is 2160. The van der Waals surface area contributed by atoms with Gasteiger partial charge in [0, 0.05) is 111 Å². The molecule has 14 heteroatoms. The Morgan fingerprint density at radius 1 is 1.12 bits per heavy atom. The van der Waals surface area contributed by atoms with Crippen LogP contribution in [-0.2, 0) is 36.8 Å². The van der Waals surface area contributed by atoms with Crippen LogP contribution < -0.4 is 10.7 Å². The predicted octanol–water partition coefficient (Wildman–Crippen LogP) is 4.60. The molecule has 0 radical (unpaired) electrons. The third-order valence-electron chi connectivity index (χ3n) is 13.5. The van der Waals surface area contributed by atoms with Crippen LogP contribution in [0.2, 0.25) is 0 Å². The Balaban J connectivity index is 1.19. The van der Waals surface area contributed by atoms with E-state index in [-0.39, 0.29) is 42.5 Å². The van der Waals surface area contributed by atoms with Crippen LogP contribution in [0.25, 0.3) is 27.7 Å². The molecule has 2 N–H and O–H groups in total. The zero-order chi connectivity index (χ0) is 39.8. The summed E-state index contributed by atoms with van der Waals surface area (Å²) < 4.78 is 15.3. The number of likely N-dealkylation sites (N-methyl/N-ethyl adjacent to an activating group) is 1. The lowest BCUT2D eigenvalue weighted by Gasteiger charge is -2.45. The van der Waals surface area contributed by atoms with Gasteiger partial charge in [-0.1, -0.05) is 19.9 Å². The van der Waals surface area contributed by atoms with Gasteiger partial charge in [0.25, 0.3) is 0 Å². The van der Waals surface area contributed by atoms with Crippen molar-refractivity contribution in [3.63, 3.8) is 0 Å². The van der Waals surface area contributed by atoms with E-state index in [0.29, 0.717) is 25.8 Å². The molecule has 2 amide bonds. The average molecular weight is 797 g/mol. The van der Waals surface area contributed by atoms with Crippen molar-refractivity contribution in [1.29, 1.82) is 0 Å². The van der Waals surface area contributed by atoms with Crippen LogP contribution in [0.5, 0.6) is 0 Å². The summed E-state index contributed by atoms with van der Waals surface area (Å²) in [7, 11) is 3.97. The molecule has 4 aliphatic heterocycles. The summed E-state index contributed by atoms with van der Waals surface area (Å²) in [6.07, 6.45) is 5.66. The summed E-state index contributed by atoms with van der Waals surface area (Å²) in [6, 6.07) is 6.19. The third-order valence-corrected chi connectivity index (χ3v) is 14.4. The average Bonchev–Trinajstić information content (AvgIpc) is 3.68. The summed E-state index contributed by atoms with van der Waals surface area (Å²) in [5.41, 5.74) is 9.67. The van der Waals surface area contributed by atoms with E-state index in [2.05, 4.69) is 82.7 Å². The molecule has 3 unspecified atom stereocenters. The number of ether oxygens (including phenoxy) is 2. The monoisotopic (exact) mass is 796 g/mol. The summed E-state index contributed by atoms with van der Waals surface area (Å²) in [5, 5.41) is 8.79. The van der Waals surface area contributed by atoms with E-state index in [4.69, 9.17) is 19.5 Å². The minimum Gasteiger partial charge on any atom is -0.464 e. The first kappa shape index (κ1) is 38.6. The smallest absolute Gasteiger partial charge is 0.324 e. The molecule has 2 aromatic heterocycles. The first-order chi connectivity index (χ1) is 27.4. The number of carbonyl (C=O) groups excluding carboxylic acids is 3. The highest BCUT2D eigenvalue weighted by molar-refractivity contribution is 7.10. The SMILES string of the molecule is CCn1c2c3c4cc(ccc41)-c1csc(n1)CC(C1(NC(C)=O)CC1)C(=O)N1CCC[C@H](N1)C(=O)OCC(C)(C)C3[C@H](OC)C1=C2CC(N2CCN(C)CC2)C=N1. The van der Waals surface area contributed by atoms with Crippen LogP contribution in [-0.4, -0.2) is 126 Å². The van der Waals surface area contributed by atoms with Crippen molar-refractivity contribution in [2.45, 2.75) is 102 Å². The number of rotatable bonds is 5. The number of nitrogens with one attached hydrogen (secondary N) is 2. The highest BCUT2D eigenvalue weighted by atomic mass is 32.1. The van der Waals surface area contributed by atoms with Gasteiger partial charge in [0.1, 0.15) is 12.1 Å². The number of fused-ring (bicyclic) bond motifs is 7. The summed E-state index contributed by atoms with van der Waals surface area (Å²) >= 11 is 1.55. The second kappa shape index (κ2) is 14.7. The minimum absolute atomic E-state index is 0.131. The van der Waals surface area contributed by atoms with Gasteiger partial charge in [0.05, 0.1) is 40.2 Å². The van der Waals surface area contributed by atoms with Crippen molar-refractivity contribution >= 4 is 51.8 Å². The Morgan fingerprint density at radius 3 is 2.63 bits per heavy atom. The van der Waals surface area contributed by atoms with Crippen LogP contribution >= 0.6 is 11.3 Å². The van der Waals surface area contributed by atoms with Crippen LogP contribution in [0, 0.1) is 11.3 Å². The fraction of sp³-hybridized carbons (Fsp3) is 0.605. The summed E-state index contributed by atoms with van der Waals surface area (Å²) in [6.45, 7) is 13.5. The maximum Gasteiger partial charge on any atom is 0.324 e. The van der Waals surface area contributed by atoms with Crippen molar-refractivity contribution in [1.82, 2.24) is 35.1 Å². The topological polar surface area (TPSA) is 134 Å². The molecule has 2 saturated heterocycles. The van der Waals surface area contributed by atoms with Gasteiger partial charge in [-0.05, 0) is 63.8 Å². The number of hydrogen-bond donors (Lipinski definition) is 2. The standard InChI is InChI=1S/C43H56N8O5S/c1-7-50-33-11-10-26-19-28(33)35-36(39(55-6)37-29(38(35)50)20-27(22-44-37)49-17-15-48(5)16-18-49)42(3,4)24-56-41(54)31-9-8-14-51(47-31)40(53)30(21-34-45-32(26)23-57-34)43(12-13-43)46-25(2)52/h10-11,19,22-23,27,30-31,36,39,47H,7-9,12-18,20-21,24H2,1-6H3,(H,46,52)/t27?,30?,31-,36?,39-/m0/s1. The number of hydrogen-bond acceptors (Lipinski definition) is 11. The first-order valence-electron chi connectivity index (χ1n) is 20.8.